The molecule has 152 valence electrons. The van der Waals surface area contributed by atoms with Crippen LogP contribution in [0.5, 0.6) is 0 Å². The SMILES string of the molecule is O=C(c1cn(Cc2nc(-c3ccc(Cl)cc3)no2)c2ccccc12)C1CCCCC1. The van der Waals surface area contributed by atoms with Crippen molar-refractivity contribution in [3.63, 3.8) is 0 Å². The Morgan fingerprint density at radius 1 is 1.07 bits per heavy atom. The number of carbonyl (C=O) groups excluding carboxylic acids is 1. The Bertz CT molecular complexity index is 1190. The first-order valence-electron chi connectivity index (χ1n) is 10.4. The van der Waals surface area contributed by atoms with Crippen LogP contribution in [0.1, 0.15) is 48.4 Å². The molecule has 0 aliphatic heterocycles. The van der Waals surface area contributed by atoms with Gasteiger partial charge >= 0.3 is 0 Å². The van der Waals surface area contributed by atoms with Crippen LogP contribution in [0.2, 0.25) is 5.02 Å². The van der Waals surface area contributed by atoms with Gasteiger partial charge in [0.1, 0.15) is 6.54 Å². The van der Waals surface area contributed by atoms with Crippen molar-refractivity contribution in [3.05, 3.63) is 71.2 Å². The maximum absolute atomic E-state index is 13.2. The number of rotatable bonds is 5. The molecule has 1 saturated carbocycles. The molecule has 2 aromatic carbocycles. The second-order valence-corrected chi connectivity index (χ2v) is 8.34. The van der Waals surface area contributed by atoms with Crippen molar-refractivity contribution in [1.29, 1.82) is 0 Å². The van der Waals surface area contributed by atoms with E-state index >= 15 is 0 Å². The summed E-state index contributed by atoms with van der Waals surface area (Å²) in [4.78, 5) is 17.8. The molecule has 0 bridgehead atoms. The zero-order chi connectivity index (χ0) is 20.5. The van der Waals surface area contributed by atoms with Gasteiger partial charge in [0.05, 0.1) is 0 Å². The highest BCUT2D eigenvalue weighted by Gasteiger charge is 2.25. The van der Waals surface area contributed by atoms with E-state index in [-0.39, 0.29) is 11.7 Å². The predicted molar refractivity (Wildman–Crippen MR) is 117 cm³/mol. The molecule has 1 aliphatic rings. The van der Waals surface area contributed by atoms with Crippen molar-refractivity contribution in [2.24, 2.45) is 5.92 Å². The van der Waals surface area contributed by atoms with Crippen LogP contribution in [-0.2, 0) is 6.54 Å². The van der Waals surface area contributed by atoms with Gasteiger partial charge in [-0.15, -0.1) is 0 Å². The van der Waals surface area contributed by atoms with Crippen molar-refractivity contribution in [3.8, 4) is 11.4 Å². The van der Waals surface area contributed by atoms with Gasteiger partial charge in [-0.3, -0.25) is 4.79 Å². The highest BCUT2D eigenvalue weighted by Crippen LogP contribution is 2.31. The van der Waals surface area contributed by atoms with E-state index < -0.39 is 0 Å². The Morgan fingerprint density at radius 2 is 1.83 bits per heavy atom. The second-order valence-electron chi connectivity index (χ2n) is 7.91. The number of aromatic nitrogens is 3. The van der Waals surface area contributed by atoms with Gasteiger partial charge in [0.15, 0.2) is 5.78 Å². The molecular formula is C24H22ClN3O2. The zero-order valence-corrected chi connectivity index (χ0v) is 17.3. The van der Waals surface area contributed by atoms with E-state index in [2.05, 4.69) is 10.1 Å². The fraction of sp³-hybridized carbons (Fsp3) is 0.292. The number of Topliss-reactive ketones (excluding diaryl/α,β-unsaturated/α-hetero) is 1. The Kier molecular flexibility index (Phi) is 5.13. The molecule has 5 rings (SSSR count). The van der Waals surface area contributed by atoms with Crippen LogP contribution < -0.4 is 0 Å². The van der Waals surface area contributed by atoms with Gasteiger partial charge in [0.25, 0.3) is 0 Å². The number of fused-ring (bicyclic) bond motifs is 1. The van der Waals surface area contributed by atoms with E-state index in [0.29, 0.717) is 23.3 Å². The van der Waals surface area contributed by atoms with Crippen LogP contribution in [0, 0.1) is 5.92 Å². The first-order chi connectivity index (χ1) is 14.7. The van der Waals surface area contributed by atoms with Crippen molar-refractivity contribution < 1.29 is 9.32 Å². The van der Waals surface area contributed by atoms with Gasteiger partial charge in [0, 0.05) is 39.2 Å². The smallest absolute Gasteiger partial charge is 0.246 e. The number of halogens is 1. The monoisotopic (exact) mass is 419 g/mol. The fourth-order valence-corrected chi connectivity index (χ4v) is 4.47. The van der Waals surface area contributed by atoms with E-state index in [1.807, 2.05) is 47.2 Å². The molecule has 4 aromatic rings. The molecule has 0 unspecified atom stereocenters. The lowest BCUT2D eigenvalue weighted by molar-refractivity contribution is 0.0891. The van der Waals surface area contributed by atoms with Crippen molar-refractivity contribution >= 4 is 28.3 Å². The lowest BCUT2D eigenvalue weighted by Crippen LogP contribution is -2.17. The highest BCUT2D eigenvalue weighted by atomic mass is 35.5. The fourth-order valence-electron chi connectivity index (χ4n) is 4.34. The molecule has 0 atom stereocenters. The number of hydrogen-bond donors (Lipinski definition) is 0. The lowest BCUT2D eigenvalue weighted by atomic mass is 9.84. The van der Waals surface area contributed by atoms with Gasteiger partial charge in [-0.1, -0.05) is 54.2 Å². The van der Waals surface area contributed by atoms with Crippen molar-refractivity contribution in [2.75, 3.05) is 0 Å². The number of nitrogens with zero attached hydrogens (tertiary/aromatic N) is 3. The van der Waals surface area contributed by atoms with E-state index in [4.69, 9.17) is 16.1 Å². The Morgan fingerprint density at radius 3 is 2.63 bits per heavy atom. The van der Waals surface area contributed by atoms with Crippen LogP contribution in [0.25, 0.3) is 22.3 Å². The van der Waals surface area contributed by atoms with E-state index in [1.54, 1.807) is 12.1 Å². The summed E-state index contributed by atoms with van der Waals surface area (Å²) in [7, 11) is 0. The molecule has 0 spiro atoms. The summed E-state index contributed by atoms with van der Waals surface area (Å²) in [6.45, 7) is 0.416. The second kappa shape index (κ2) is 8.07. The summed E-state index contributed by atoms with van der Waals surface area (Å²) in [5, 5.41) is 5.75. The number of ketones is 1. The number of benzene rings is 2. The Hall–Kier alpha value is -2.92. The molecule has 0 radical (unpaired) electrons. The summed E-state index contributed by atoms with van der Waals surface area (Å²) < 4.78 is 7.52. The quantitative estimate of drug-likeness (QED) is 0.363. The maximum atomic E-state index is 13.2. The Balaban J connectivity index is 1.45. The van der Waals surface area contributed by atoms with Crippen LogP contribution in [-0.4, -0.2) is 20.5 Å². The summed E-state index contributed by atoms with van der Waals surface area (Å²) in [5.41, 5.74) is 2.65. The molecule has 0 amide bonds. The molecule has 0 N–H and O–H groups in total. The molecule has 1 aliphatic carbocycles. The van der Waals surface area contributed by atoms with E-state index in [9.17, 15) is 4.79 Å². The molecule has 30 heavy (non-hydrogen) atoms. The lowest BCUT2D eigenvalue weighted by Gasteiger charge is -2.19. The maximum Gasteiger partial charge on any atom is 0.246 e. The molecule has 2 heterocycles. The van der Waals surface area contributed by atoms with E-state index in [1.165, 1.54) is 6.42 Å². The average Bonchev–Trinajstić information content (AvgIpc) is 3.40. The molecule has 6 heteroatoms. The molecule has 0 saturated heterocycles. The first kappa shape index (κ1) is 19.1. The molecule has 1 fully saturated rings. The largest absolute Gasteiger partial charge is 0.337 e. The van der Waals surface area contributed by atoms with Crippen LogP contribution in [0.3, 0.4) is 0 Å². The molecule has 5 nitrogen and oxygen atoms in total. The normalized spacial score (nSPS) is 15.0. The highest BCUT2D eigenvalue weighted by molar-refractivity contribution is 6.30. The Labute approximate surface area is 179 Å². The third-order valence-corrected chi connectivity index (χ3v) is 6.16. The van der Waals surface area contributed by atoms with Gasteiger partial charge in [-0.2, -0.15) is 4.98 Å². The average molecular weight is 420 g/mol. The standard InChI is InChI=1S/C24H22ClN3O2/c25-18-12-10-17(11-13-18)24-26-22(30-27-24)15-28-14-20(19-8-4-5-9-21(19)28)23(29)16-6-2-1-3-7-16/h4-5,8-14,16H,1-3,6-7,15H2. The minimum absolute atomic E-state index is 0.137. The van der Waals surface area contributed by atoms with Gasteiger partial charge in [0.2, 0.25) is 11.7 Å². The third-order valence-electron chi connectivity index (χ3n) is 5.91. The van der Waals surface area contributed by atoms with Gasteiger partial charge < -0.3 is 9.09 Å². The van der Waals surface area contributed by atoms with Crippen LogP contribution in [0.4, 0.5) is 0 Å². The summed E-state index contributed by atoms with van der Waals surface area (Å²) in [5.74, 6) is 1.42. The minimum Gasteiger partial charge on any atom is -0.337 e. The third kappa shape index (κ3) is 3.65. The van der Waals surface area contributed by atoms with E-state index in [0.717, 1.165) is 47.7 Å². The summed E-state index contributed by atoms with van der Waals surface area (Å²) >= 11 is 5.96. The first-order valence-corrected chi connectivity index (χ1v) is 10.8. The van der Waals surface area contributed by atoms with Crippen LogP contribution >= 0.6 is 11.6 Å². The summed E-state index contributed by atoms with van der Waals surface area (Å²) in [6.07, 6.45) is 7.46. The number of para-hydroxylation sites is 1. The topological polar surface area (TPSA) is 60.9 Å². The number of hydrogen-bond acceptors (Lipinski definition) is 4. The number of carbonyl (C=O) groups is 1. The van der Waals surface area contributed by atoms with Crippen molar-refractivity contribution in [2.45, 2.75) is 38.6 Å². The van der Waals surface area contributed by atoms with Crippen LogP contribution in [0.15, 0.2) is 59.3 Å². The van der Waals surface area contributed by atoms with Gasteiger partial charge in [-0.25, -0.2) is 0 Å². The van der Waals surface area contributed by atoms with Gasteiger partial charge in [-0.05, 0) is 43.2 Å². The minimum atomic E-state index is 0.137. The summed E-state index contributed by atoms with van der Waals surface area (Å²) in [6, 6.07) is 15.4. The molecular weight excluding hydrogens is 398 g/mol. The zero-order valence-electron chi connectivity index (χ0n) is 16.6. The predicted octanol–water partition coefficient (Wildman–Crippen LogP) is 6.16. The van der Waals surface area contributed by atoms with Crippen molar-refractivity contribution in [1.82, 2.24) is 14.7 Å². The molecule has 2 aromatic heterocycles.